The molecule has 0 heterocycles. The van der Waals surface area contributed by atoms with Gasteiger partial charge in [-0.2, -0.15) is 0 Å². The predicted molar refractivity (Wildman–Crippen MR) is 89.3 cm³/mol. The Hall–Kier alpha value is -1.36. The van der Waals surface area contributed by atoms with Crippen LogP contribution < -0.4 is 4.72 Å². The maximum Gasteiger partial charge on any atom is 0.216 e. The van der Waals surface area contributed by atoms with Crippen LogP contribution in [0.2, 0.25) is 5.02 Å². The fourth-order valence-electron chi connectivity index (χ4n) is 2.93. The van der Waals surface area contributed by atoms with Gasteiger partial charge in [0, 0.05) is 11.1 Å². The molecule has 22 heavy (non-hydrogen) atoms. The van der Waals surface area contributed by atoms with Gasteiger partial charge in [-0.25, -0.2) is 13.1 Å². The largest absolute Gasteiger partial charge is 0.216 e. The molecule has 3 rings (SSSR count). The molecule has 2 aromatic rings. The van der Waals surface area contributed by atoms with E-state index in [0.29, 0.717) is 5.02 Å². The monoisotopic (exact) mass is 335 g/mol. The molecule has 1 aliphatic carbocycles. The first-order valence-corrected chi connectivity index (χ1v) is 9.39. The summed E-state index contributed by atoms with van der Waals surface area (Å²) in [6.07, 6.45) is 2.87. The van der Waals surface area contributed by atoms with Crippen LogP contribution in [0.25, 0.3) is 0 Å². The molecule has 0 aliphatic heterocycles. The smallest absolute Gasteiger partial charge is 0.212 e. The lowest BCUT2D eigenvalue weighted by molar-refractivity contribution is 0.507. The maximum atomic E-state index is 12.4. The Kier molecular flexibility index (Phi) is 4.52. The standard InChI is InChI=1S/C17H18ClNO2S/c18-15-10-8-13(9-11-15)12-22(20,21)19-17-7-3-5-14-4-1-2-6-16(14)17/h1-2,4,6,8-11,17,19H,3,5,7,12H2. The van der Waals surface area contributed by atoms with E-state index in [4.69, 9.17) is 11.6 Å². The van der Waals surface area contributed by atoms with E-state index in [0.717, 1.165) is 30.4 Å². The number of sulfonamides is 1. The average molecular weight is 336 g/mol. The number of fused-ring (bicyclic) bond motifs is 1. The molecule has 0 fully saturated rings. The lowest BCUT2D eigenvalue weighted by Crippen LogP contribution is -2.31. The van der Waals surface area contributed by atoms with E-state index in [1.54, 1.807) is 24.3 Å². The van der Waals surface area contributed by atoms with E-state index < -0.39 is 10.0 Å². The molecule has 0 saturated heterocycles. The summed E-state index contributed by atoms with van der Waals surface area (Å²) >= 11 is 5.83. The molecule has 0 radical (unpaired) electrons. The Balaban J connectivity index is 1.76. The van der Waals surface area contributed by atoms with Crippen molar-refractivity contribution in [3.8, 4) is 0 Å². The highest BCUT2D eigenvalue weighted by molar-refractivity contribution is 7.88. The van der Waals surface area contributed by atoms with E-state index in [2.05, 4.69) is 10.8 Å². The van der Waals surface area contributed by atoms with Crippen LogP contribution in [0.1, 0.15) is 35.6 Å². The second-order valence-corrected chi connectivity index (χ2v) is 7.84. The minimum Gasteiger partial charge on any atom is -0.212 e. The Morgan fingerprint density at radius 3 is 2.59 bits per heavy atom. The van der Waals surface area contributed by atoms with E-state index in [1.807, 2.05) is 18.2 Å². The molecule has 1 atom stereocenters. The summed E-state index contributed by atoms with van der Waals surface area (Å²) in [6, 6.07) is 14.9. The Labute approximate surface area is 136 Å². The Bertz CT molecular complexity index is 756. The zero-order chi connectivity index (χ0) is 15.6. The van der Waals surface area contributed by atoms with Gasteiger partial charge >= 0.3 is 0 Å². The highest BCUT2D eigenvalue weighted by atomic mass is 35.5. The zero-order valence-electron chi connectivity index (χ0n) is 12.1. The minimum atomic E-state index is -3.38. The van der Waals surface area contributed by atoms with E-state index in [9.17, 15) is 8.42 Å². The summed E-state index contributed by atoms with van der Waals surface area (Å²) in [5.74, 6) is -0.0250. The van der Waals surface area contributed by atoms with Crippen LogP contribution in [0.5, 0.6) is 0 Å². The van der Waals surface area contributed by atoms with Crippen LogP contribution in [0, 0.1) is 0 Å². The van der Waals surface area contributed by atoms with Crippen LogP contribution >= 0.6 is 11.6 Å². The summed E-state index contributed by atoms with van der Waals surface area (Å²) in [6.45, 7) is 0. The molecule has 0 bridgehead atoms. The summed E-state index contributed by atoms with van der Waals surface area (Å²) in [5, 5.41) is 0.607. The van der Waals surface area contributed by atoms with Crippen LogP contribution in [0.3, 0.4) is 0 Å². The Morgan fingerprint density at radius 2 is 1.82 bits per heavy atom. The summed E-state index contributed by atoms with van der Waals surface area (Å²) in [4.78, 5) is 0. The highest BCUT2D eigenvalue weighted by Crippen LogP contribution is 2.30. The molecule has 116 valence electrons. The lowest BCUT2D eigenvalue weighted by atomic mass is 9.88. The van der Waals surface area contributed by atoms with Gasteiger partial charge in [0.15, 0.2) is 0 Å². The van der Waals surface area contributed by atoms with Crippen LogP contribution in [0.4, 0.5) is 0 Å². The van der Waals surface area contributed by atoms with Crippen molar-refractivity contribution >= 4 is 21.6 Å². The second kappa shape index (κ2) is 6.41. The molecule has 1 N–H and O–H groups in total. The highest BCUT2D eigenvalue weighted by Gasteiger charge is 2.24. The molecule has 0 saturated carbocycles. The van der Waals surface area contributed by atoms with Gasteiger partial charge in [0.05, 0.1) is 5.75 Å². The third-order valence-corrected chi connectivity index (χ3v) is 5.57. The van der Waals surface area contributed by atoms with Crippen molar-refractivity contribution < 1.29 is 8.42 Å². The number of nitrogens with one attached hydrogen (secondary N) is 1. The van der Waals surface area contributed by atoms with Crippen molar-refractivity contribution in [1.82, 2.24) is 4.72 Å². The van der Waals surface area contributed by atoms with E-state index in [-0.39, 0.29) is 11.8 Å². The van der Waals surface area contributed by atoms with Crippen molar-refractivity contribution in [3.05, 3.63) is 70.2 Å². The molecule has 1 unspecified atom stereocenters. The van der Waals surface area contributed by atoms with Crippen LogP contribution in [-0.2, 0) is 22.2 Å². The number of halogens is 1. The van der Waals surface area contributed by atoms with Gasteiger partial charge in [0.2, 0.25) is 10.0 Å². The molecule has 3 nitrogen and oxygen atoms in total. The second-order valence-electron chi connectivity index (χ2n) is 5.65. The number of benzene rings is 2. The molecular formula is C17H18ClNO2S. The summed E-state index contributed by atoms with van der Waals surface area (Å²) in [5.41, 5.74) is 3.09. The van der Waals surface area contributed by atoms with Crippen molar-refractivity contribution in [2.45, 2.75) is 31.1 Å². The molecule has 0 aromatic heterocycles. The van der Waals surface area contributed by atoms with Crippen LogP contribution in [-0.4, -0.2) is 8.42 Å². The maximum absolute atomic E-state index is 12.4. The van der Waals surface area contributed by atoms with Crippen molar-refractivity contribution in [2.75, 3.05) is 0 Å². The fourth-order valence-corrected chi connectivity index (χ4v) is 4.45. The Morgan fingerprint density at radius 1 is 1.09 bits per heavy atom. The molecule has 0 spiro atoms. The van der Waals surface area contributed by atoms with Gasteiger partial charge in [-0.3, -0.25) is 0 Å². The lowest BCUT2D eigenvalue weighted by Gasteiger charge is -2.26. The number of rotatable bonds is 4. The third kappa shape index (κ3) is 3.69. The predicted octanol–water partition coefficient (Wildman–Crippen LogP) is 3.84. The SMILES string of the molecule is O=S(=O)(Cc1ccc(Cl)cc1)NC1CCCc2ccccc21. The minimum absolute atomic E-state index is 0.0250. The number of aryl methyl sites for hydroxylation is 1. The molecule has 5 heteroatoms. The first-order valence-electron chi connectivity index (χ1n) is 7.36. The van der Waals surface area contributed by atoms with Crippen molar-refractivity contribution in [1.29, 1.82) is 0 Å². The van der Waals surface area contributed by atoms with Gasteiger partial charge < -0.3 is 0 Å². The zero-order valence-corrected chi connectivity index (χ0v) is 13.7. The van der Waals surface area contributed by atoms with Gasteiger partial charge in [-0.1, -0.05) is 48.0 Å². The van der Waals surface area contributed by atoms with Crippen molar-refractivity contribution in [3.63, 3.8) is 0 Å². The van der Waals surface area contributed by atoms with Gasteiger partial charge in [-0.05, 0) is 48.1 Å². The molecule has 0 amide bonds. The number of hydrogen-bond donors (Lipinski definition) is 1. The normalized spacial score (nSPS) is 18.0. The summed E-state index contributed by atoms with van der Waals surface area (Å²) < 4.78 is 27.7. The molecule has 1 aliphatic rings. The van der Waals surface area contributed by atoms with Crippen molar-refractivity contribution in [2.24, 2.45) is 0 Å². The van der Waals surface area contributed by atoms with Gasteiger partial charge in [0.25, 0.3) is 0 Å². The topological polar surface area (TPSA) is 46.2 Å². The van der Waals surface area contributed by atoms with E-state index in [1.165, 1.54) is 5.56 Å². The van der Waals surface area contributed by atoms with E-state index >= 15 is 0 Å². The average Bonchev–Trinajstić information content (AvgIpc) is 2.49. The summed E-state index contributed by atoms with van der Waals surface area (Å²) in [7, 11) is -3.38. The first-order chi connectivity index (χ1) is 10.5. The molecular weight excluding hydrogens is 318 g/mol. The van der Waals surface area contributed by atoms with Gasteiger partial charge in [0.1, 0.15) is 0 Å². The van der Waals surface area contributed by atoms with Crippen LogP contribution in [0.15, 0.2) is 48.5 Å². The molecule has 2 aromatic carbocycles. The van der Waals surface area contributed by atoms with Gasteiger partial charge in [-0.15, -0.1) is 0 Å². The first kappa shape index (κ1) is 15.5. The quantitative estimate of drug-likeness (QED) is 0.922. The fraction of sp³-hybridized carbons (Fsp3) is 0.294. The number of hydrogen-bond acceptors (Lipinski definition) is 2. The third-order valence-electron chi connectivity index (χ3n) is 3.96.